The Morgan fingerprint density at radius 1 is 0.643 bits per heavy atom. The van der Waals surface area contributed by atoms with Crippen LogP contribution in [0.4, 0.5) is 0 Å². The number of ether oxygens (including phenoxy) is 4. The molecular formula is C20H24O8. The Kier molecular flexibility index (Phi) is 8.97. The fourth-order valence-electron chi connectivity index (χ4n) is 2.57. The average molecular weight is 392 g/mol. The van der Waals surface area contributed by atoms with Gasteiger partial charge in [0, 0.05) is 0 Å². The third-order valence-electron chi connectivity index (χ3n) is 4.05. The highest BCUT2D eigenvalue weighted by Gasteiger charge is 2.26. The lowest BCUT2D eigenvalue weighted by Gasteiger charge is -2.17. The molecule has 3 rings (SSSR count). The van der Waals surface area contributed by atoms with Crippen molar-refractivity contribution in [3.05, 3.63) is 35.9 Å². The molecule has 1 unspecified atom stereocenters. The molecule has 0 N–H and O–H groups in total. The number of esters is 4. The molecule has 2 fully saturated rings. The van der Waals surface area contributed by atoms with Gasteiger partial charge in [0.05, 0.1) is 38.4 Å². The van der Waals surface area contributed by atoms with Crippen LogP contribution in [0.15, 0.2) is 30.3 Å². The van der Waals surface area contributed by atoms with Crippen LogP contribution in [0, 0.1) is 0 Å². The van der Waals surface area contributed by atoms with Crippen LogP contribution in [0.2, 0.25) is 0 Å². The van der Waals surface area contributed by atoms with E-state index in [2.05, 4.69) is 9.47 Å². The van der Waals surface area contributed by atoms with E-state index in [-0.39, 0.29) is 56.4 Å². The lowest BCUT2D eigenvalue weighted by Crippen LogP contribution is -2.22. The molecule has 1 aromatic carbocycles. The molecule has 1 atom stereocenters. The van der Waals surface area contributed by atoms with Crippen LogP contribution >= 0.6 is 0 Å². The first-order valence-electron chi connectivity index (χ1n) is 9.24. The van der Waals surface area contributed by atoms with Crippen molar-refractivity contribution in [2.45, 2.75) is 38.0 Å². The van der Waals surface area contributed by atoms with Crippen molar-refractivity contribution in [3.8, 4) is 0 Å². The first kappa shape index (κ1) is 21.4. The van der Waals surface area contributed by atoms with Crippen molar-refractivity contribution >= 4 is 23.9 Å². The first-order chi connectivity index (χ1) is 13.6. The molecule has 0 spiro atoms. The highest BCUT2D eigenvalue weighted by molar-refractivity contribution is 5.84. The monoisotopic (exact) mass is 392 g/mol. The van der Waals surface area contributed by atoms with Crippen LogP contribution in [0.3, 0.4) is 0 Å². The van der Waals surface area contributed by atoms with Crippen molar-refractivity contribution in [1.29, 1.82) is 0 Å². The summed E-state index contributed by atoms with van der Waals surface area (Å²) in [5.74, 6) is -1.90. The van der Waals surface area contributed by atoms with Gasteiger partial charge in [-0.1, -0.05) is 30.3 Å². The maximum absolute atomic E-state index is 11.9. The predicted molar refractivity (Wildman–Crippen MR) is 96.1 cm³/mol. The fraction of sp³-hybridized carbons (Fsp3) is 0.500. The topological polar surface area (TPSA) is 105 Å². The summed E-state index contributed by atoms with van der Waals surface area (Å²) in [5.41, 5.74) is 0.792. The first-order valence-corrected chi connectivity index (χ1v) is 9.24. The van der Waals surface area contributed by atoms with Crippen molar-refractivity contribution in [1.82, 2.24) is 0 Å². The molecule has 0 aromatic heterocycles. The number of cyclic esters (lactones) is 4. The predicted octanol–water partition coefficient (Wildman–Crippen LogP) is 1.91. The van der Waals surface area contributed by atoms with E-state index in [1.807, 2.05) is 30.3 Å². The Morgan fingerprint density at radius 3 is 1.79 bits per heavy atom. The number of hydrogen-bond donors (Lipinski definition) is 0. The maximum Gasteiger partial charge on any atom is 0.314 e. The summed E-state index contributed by atoms with van der Waals surface area (Å²) in [6, 6.07) is 9.20. The molecule has 152 valence electrons. The molecule has 2 aliphatic heterocycles. The summed E-state index contributed by atoms with van der Waals surface area (Å²) in [7, 11) is 0. The van der Waals surface area contributed by atoms with Gasteiger partial charge in [0.2, 0.25) is 0 Å². The average Bonchev–Trinajstić information content (AvgIpc) is 2.70. The number of carbonyl (C=O) groups excluding carboxylic acids is 4. The van der Waals surface area contributed by atoms with Crippen molar-refractivity contribution in [3.63, 3.8) is 0 Å². The number of hydrogen-bond acceptors (Lipinski definition) is 8. The second-order valence-corrected chi connectivity index (χ2v) is 6.20. The van der Waals surface area contributed by atoms with E-state index in [1.54, 1.807) is 0 Å². The molecule has 0 amide bonds. The normalized spacial score (nSPS) is 21.4. The van der Waals surface area contributed by atoms with Crippen LogP contribution in [0.5, 0.6) is 0 Å². The molecular weight excluding hydrogens is 368 g/mol. The third kappa shape index (κ3) is 7.77. The van der Waals surface area contributed by atoms with Gasteiger partial charge in [-0.25, -0.2) is 0 Å². The number of benzene rings is 1. The molecule has 8 nitrogen and oxygen atoms in total. The van der Waals surface area contributed by atoms with Gasteiger partial charge in [-0.2, -0.15) is 0 Å². The third-order valence-corrected chi connectivity index (χ3v) is 4.05. The lowest BCUT2D eigenvalue weighted by molar-refractivity contribution is -0.158. The van der Waals surface area contributed by atoms with Gasteiger partial charge in [0.1, 0.15) is 13.2 Å². The van der Waals surface area contributed by atoms with Crippen LogP contribution < -0.4 is 0 Å². The molecule has 0 saturated carbocycles. The summed E-state index contributed by atoms with van der Waals surface area (Å²) in [6.07, 6.45) is 1.77. The summed E-state index contributed by atoms with van der Waals surface area (Å²) in [4.78, 5) is 44.7. The summed E-state index contributed by atoms with van der Waals surface area (Å²) >= 11 is 0. The highest BCUT2D eigenvalue weighted by Crippen LogP contribution is 2.22. The number of carbonyl (C=O) groups is 4. The van der Waals surface area contributed by atoms with Gasteiger partial charge in [-0.05, 0) is 18.4 Å². The van der Waals surface area contributed by atoms with Gasteiger partial charge < -0.3 is 18.9 Å². The van der Waals surface area contributed by atoms with Gasteiger partial charge in [-0.3, -0.25) is 19.2 Å². The maximum atomic E-state index is 11.9. The van der Waals surface area contributed by atoms with Crippen LogP contribution in [-0.4, -0.2) is 50.3 Å². The van der Waals surface area contributed by atoms with Crippen molar-refractivity contribution in [2.24, 2.45) is 0 Å². The fourth-order valence-corrected chi connectivity index (χ4v) is 2.57. The van der Waals surface area contributed by atoms with E-state index in [1.165, 1.54) is 0 Å². The highest BCUT2D eigenvalue weighted by atomic mass is 16.6. The molecule has 0 radical (unpaired) electrons. The van der Waals surface area contributed by atoms with E-state index < -0.39 is 5.92 Å². The molecule has 2 aliphatic rings. The SMILES string of the molecule is O=C1CC(c2ccccc2)C(=O)OCCCCO1.O=C1CCC(=O)OCCO1. The Morgan fingerprint density at radius 2 is 1.18 bits per heavy atom. The van der Waals surface area contributed by atoms with Gasteiger partial charge >= 0.3 is 23.9 Å². The van der Waals surface area contributed by atoms with Crippen molar-refractivity contribution in [2.75, 3.05) is 26.4 Å². The van der Waals surface area contributed by atoms with Crippen LogP contribution in [-0.2, 0) is 38.1 Å². The molecule has 0 bridgehead atoms. The van der Waals surface area contributed by atoms with E-state index in [4.69, 9.17) is 9.47 Å². The molecule has 28 heavy (non-hydrogen) atoms. The zero-order chi connectivity index (χ0) is 20.2. The Labute approximate surface area is 163 Å². The second-order valence-electron chi connectivity index (χ2n) is 6.20. The molecule has 1 aromatic rings. The van der Waals surface area contributed by atoms with Gasteiger partial charge in [0.25, 0.3) is 0 Å². The zero-order valence-corrected chi connectivity index (χ0v) is 15.6. The summed E-state index contributed by atoms with van der Waals surface area (Å²) in [5, 5.41) is 0. The Hall–Kier alpha value is -2.90. The lowest BCUT2D eigenvalue weighted by atomic mass is 9.96. The Bertz CT molecular complexity index is 652. The molecule has 2 saturated heterocycles. The largest absolute Gasteiger partial charge is 0.466 e. The van der Waals surface area contributed by atoms with E-state index in [0.717, 1.165) is 18.4 Å². The minimum atomic E-state index is -0.559. The summed E-state index contributed by atoms with van der Waals surface area (Å²) < 4.78 is 19.5. The van der Waals surface area contributed by atoms with Crippen LogP contribution in [0.1, 0.15) is 43.6 Å². The molecule has 8 heteroatoms. The standard InChI is InChI=1S/C14H16O4.C6H8O4/c15-13-10-12(11-6-2-1-3-7-11)14(16)18-9-5-4-8-17-13;7-5-1-2-6(8)10-4-3-9-5/h1-3,6-7,12H,4-5,8-10H2;1-4H2. The van der Waals surface area contributed by atoms with Gasteiger partial charge in [-0.15, -0.1) is 0 Å². The molecule has 0 aliphatic carbocycles. The van der Waals surface area contributed by atoms with E-state index in [9.17, 15) is 19.2 Å². The van der Waals surface area contributed by atoms with Crippen molar-refractivity contribution < 1.29 is 38.1 Å². The van der Waals surface area contributed by atoms with Gasteiger partial charge in [0.15, 0.2) is 0 Å². The minimum absolute atomic E-state index is 0.0445. The minimum Gasteiger partial charge on any atom is -0.466 e. The summed E-state index contributed by atoms with van der Waals surface area (Å²) in [6.45, 7) is 1.16. The van der Waals surface area contributed by atoms with E-state index in [0.29, 0.717) is 13.2 Å². The second kappa shape index (κ2) is 11.7. The van der Waals surface area contributed by atoms with E-state index >= 15 is 0 Å². The molecule has 2 heterocycles. The smallest absolute Gasteiger partial charge is 0.314 e. The Balaban J connectivity index is 0.000000237. The zero-order valence-electron chi connectivity index (χ0n) is 15.6. The van der Waals surface area contributed by atoms with Crippen LogP contribution in [0.25, 0.3) is 0 Å². The number of rotatable bonds is 1. The quantitative estimate of drug-likeness (QED) is 0.527.